The second kappa shape index (κ2) is 15.2. The normalized spacial score (nSPS) is 10.8. The van der Waals surface area contributed by atoms with E-state index in [9.17, 15) is 19.2 Å². The largest absolute Gasteiger partial charge is 0.322 e. The fraction of sp³-hybridized carbons (Fsp3) is 0. The van der Waals surface area contributed by atoms with Gasteiger partial charge in [0.2, 0.25) is 0 Å². The molecular weight excluding hydrogens is 580 g/mol. The number of benzene rings is 5. The molecule has 0 spiro atoms. The molecule has 4 N–H and O–H groups in total. The van der Waals surface area contributed by atoms with Crippen molar-refractivity contribution in [1.82, 2.24) is 10.9 Å². The maximum Gasteiger partial charge on any atom is 0.271 e. The van der Waals surface area contributed by atoms with Gasteiger partial charge in [-0.3, -0.25) is 19.2 Å². The molecular formula is C36H28N6O4. The molecule has 0 aliphatic rings. The van der Waals surface area contributed by atoms with E-state index < -0.39 is 11.8 Å². The minimum atomic E-state index is -0.400. The smallest absolute Gasteiger partial charge is 0.271 e. The molecule has 0 heterocycles. The van der Waals surface area contributed by atoms with E-state index in [0.717, 1.165) is 11.1 Å². The molecule has 0 aliphatic carbocycles. The van der Waals surface area contributed by atoms with Crippen molar-refractivity contribution in [3.63, 3.8) is 0 Å². The number of nitrogens with one attached hydrogen (secondary N) is 4. The highest BCUT2D eigenvalue weighted by Crippen LogP contribution is 2.13. The van der Waals surface area contributed by atoms with Gasteiger partial charge in [-0.25, -0.2) is 10.9 Å². The highest BCUT2D eigenvalue weighted by atomic mass is 16.2. The predicted octanol–water partition coefficient (Wildman–Crippen LogP) is 5.72. The van der Waals surface area contributed by atoms with Crippen molar-refractivity contribution in [2.24, 2.45) is 10.2 Å². The Balaban J connectivity index is 1.05. The first-order chi connectivity index (χ1) is 22.4. The van der Waals surface area contributed by atoms with Crippen molar-refractivity contribution in [2.45, 2.75) is 0 Å². The SMILES string of the molecule is O=C(N/N=C/c1ccc(/C=N/NC(=O)c2ccc(NC(=O)c3ccccc3)cc2)cc1)c1ccc(NC(=O)c2ccccc2)cc1. The van der Waals surface area contributed by atoms with E-state index in [1.165, 1.54) is 12.4 Å². The summed E-state index contributed by atoms with van der Waals surface area (Å²) in [5.41, 5.74) is 9.41. The Morgan fingerprint density at radius 2 is 0.717 bits per heavy atom. The molecule has 0 aromatic heterocycles. The molecule has 0 unspecified atom stereocenters. The predicted molar refractivity (Wildman–Crippen MR) is 178 cm³/mol. The van der Waals surface area contributed by atoms with E-state index in [0.29, 0.717) is 33.6 Å². The number of carbonyl (C=O) groups is 4. The van der Waals surface area contributed by atoms with Crippen molar-refractivity contribution in [1.29, 1.82) is 0 Å². The van der Waals surface area contributed by atoms with Crippen LogP contribution in [-0.4, -0.2) is 36.1 Å². The van der Waals surface area contributed by atoms with Crippen LogP contribution < -0.4 is 21.5 Å². The fourth-order valence-corrected chi connectivity index (χ4v) is 4.12. The number of carbonyl (C=O) groups excluding carboxylic acids is 4. The zero-order valence-electron chi connectivity index (χ0n) is 24.4. The molecule has 5 aromatic rings. The molecule has 0 saturated heterocycles. The lowest BCUT2D eigenvalue weighted by Gasteiger charge is -2.06. The van der Waals surface area contributed by atoms with Gasteiger partial charge >= 0.3 is 0 Å². The van der Waals surface area contributed by atoms with Gasteiger partial charge in [-0.2, -0.15) is 10.2 Å². The van der Waals surface area contributed by atoms with Gasteiger partial charge < -0.3 is 10.6 Å². The highest BCUT2D eigenvalue weighted by molar-refractivity contribution is 6.05. The van der Waals surface area contributed by atoms with E-state index in [2.05, 4.69) is 31.7 Å². The van der Waals surface area contributed by atoms with Crippen molar-refractivity contribution < 1.29 is 19.2 Å². The number of hydrazone groups is 2. The Labute approximate surface area is 264 Å². The lowest BCUT2D eigenvalue weighted by atomic mass is 10.1. The molecule has 0 bridgehead atoms. The summed E-state index contributed by atoms with van der Waals surface area (Å²) in [7, 11) is 0. The maximum atomic E-state index is 12.5. The van der Waals surface area contributed by atoms with E-state index in [1.54, 1.807) is 121 Å². The Bertz CT molecular complexity index is 1730. The van der Waals surface area contributed by atoms with Crippen LogP contribution in [0.2, 0.25) is 0 Å². The van der Waals surface area contributed by atoms with Gasteiger partial charge in [0.15, 0.2) is 0 Å². The summed E-state index contributed by atoms with van der Waals surface area (Å²) in [5, 5.41) is 13.6. The molecule has 46 heavy (non-hydrogen) atoms. The average Bonchev–Trinajstić information content (AvgIpc) is 3.10. The number of nitrogens with zero attached hydrogens (tertiary/aromatic N) is 2. The summed E-state index contributed by atoms with van der Waals surface area (Å²) in [6.45, 7) is 0. The molecule has 10 heteroatoms. The van der Waals surface area contributed by atoms with E-state index in [4.69, 9.17) is 0 Å². The third kappa shape index (κ3) is 8.68. The number of rotatable bonds is 10. The van der Waals surface area contributed by atoms with Gasteiger partial charge in [0.1, 0.15) is 0 Å². The van der Waals surface area contributed by atoms with E-state index in [-0.39, 0.29) is 11.8 Å². The highest BCUT2D eigenvalue weighted by Gasteiger charge is 2.09. The zero-order valence-corrected chi connectivity index (χ0v) is 24.4. The van der Waals surface area contributed by atoms with E-state index >= 15 is 0 Å². The lowest BCUT2D eigenvalue weighted by Crippen LogP contribution is -2.18. The first-order valence-electron chi connectivity index (χ1n) is 14.1. The van der Waals surface area contributed by atoms with Crippen molar-refractivity contribution in [3.05, 3.63) is 167 Å². The minimum absolute atomic E-state index is 0.237. The molecule has 0 atom stereocenters. The third-order valence-corrected chi connectivity index (χ3v) is 6.58. The fourth-order valence-electron chi connectivity index (χ4n) is 4.12. The van der Waals surface area contributed by atoms with Gasteiger partial charge in [-0.15, -0.1) is 0 Å². The summed E-state index contributed by atoms with van der Waals surface area (Å²) in [5.74, 6) is -1.27. The number of anilines is 2. The Morgan fingerprint density at radius 3 is 1.07 bits per heavy atom. The van der Waals surface area contributed by atoms with Gasteiger partial charge in [0, 0.05) is 33.6 Å². The quantitative estimate of drug-likeness (QED) is 0.119. The van der Waals surface area contributed by atoms with E-state index in [1.807, 2.05) is 12.1 Å². The molecule has 4 amide bonds. The van der Waals surface area contributed by atoms with Crippen LogP contribution in [0.1, 0.15) is 52.6 Å². The van der Waals surface area contributed by atoms with Crippen LogP contribution >= 0.6 is 0 Å². The summed E-state index contributed by atoms with van der Waals surface area (Å²) in [6, 6.07) is 37.8. The number of hydrogen-bond donors (Lipinski definition) is 4. The first-order valence-corrected chi connectivity index (χ1v) is 14.1. The second-order valence-electron chi connectivity index (χ2n) is 9.86. The molecule has 10 nitrogen and oxygen atoms in total. The van der Waals surface area contributed by atoms with Crippen molar-refractivity contribution >= 4 is 47.4 Å². The summed E-state index contributed by atoms with van der Waals surface area (Å²) in [4.78, 5) is 49.5. The first kappa shape index (κ1) is 30.8. The van der Waals surface area contributed by atoms with Gasteiger partial charge in [0.05, 0.1) is 12.4 Å². The summed E-state index contributed by atoms with van der Waals surface area (Å²) < 4.78 is 0. The van der Waals surface area contributed by atoms with Crippen molar-refractivity contribution in [3.8, 4) is 0 Å². The standard InChI is InChI=1S/C36H28N6O4/c43-33(27-7-3-1-4-8-27)39-31-19-15-29(16-20-31)35(45)41-37-23-25-11-13-26(14-12-25)24-38-42-36(46)30-17-21-32(22-18-30)40-34(44)28-9-5-2-6-10-28/h1-24H,(H,39,43)(H,40,44)(H,41,45)(H,42,46)/b37-23+,38-24+. The Morgan fingerprint density at radius 1 is 0.391 bits per heavy atom. The lowest BCUT2D eigenvalue weighted by molar-refractivity contribution is 0.0947. The topological polar surface area (TPSA) is 141 Å². The zero-order chi connectivity index (χ0) is 32.1. The summed E-state index contributed by atoms with van der Waals surface area (Å²) in [6.07, 6.45) is 3.00. The van der Waals surface area contributed by atoms with Gasteiger partial charge in [-0.1, -0.05) is 60.7 Å². The van der Waals surface area contributed by atoms with Crippen LogP contribution in [0, 0.1) is 0 Å². The minimum Gasteiger partial charge on any atom is -0.322 e. The Hall–Kier alpha value is -6.68. The molecule has 5 aromatic carbocycles. The third-order valence-electron chi connectivity index (χ3n) is 6.58. The maximum absolute atomic E-state index is 12.5. The van der Waals surface area contributed by atoms with Crippen LogP contribution in [0.25, 0.3) is 0 Å². The monoisotopic (exact) mass is 608 g/mol. The van der Waals surface area contributed by atoms with Crippen LogP contribution in [0.15, 0.2) is 144 Å². The van der Waals surface area contributed by atoms with Gasteiger partial charge in [-0.05, 0) is 83.9 Å². The van der Waals surface area contributed by atoms with Gasteiger partial charge in [0.25, 0.3) is 23.6 Å². The molecule has 0 fully saturated rings. The number of hydrogen-bond acceptors (Lipinski definition) is 6. The molecule has 5 rings (SSSR count). The van der Waals surface area contributed by atoms with Crippen LogP contribution in [-0.2, 0) is 0 Å². The van der Waals surface area contributed by atoms with Crippen LogP contribution in [0.5, 0.6) is 0 Å². The molecule has 0 saturated carbocycles. The average molecular weight is 609 g/mol. The number of amides is 4. The van der Waals surface area contributed by atoms with Crippen LogP contribution in [0.4, 0.5) is 11.4 Å². The second-order valence-corrected chi connectivity index (χ2v) is 9.86. The Kier molecular flexibility index (Phi) is 10.1. The molecule has 226 valence electrons. The summed E-state index contributed by atoms with van der Waals surface area (Å²) >= 11 is 0. The molecule has 0 radical (unpaired) electrons. The molecule has 0 aliphatic heterocycles. The van der Waals surface area contributed by atoms with Crippen molar-refractivity contribution in [2.75, 3.05) is 10.6 Å². The van der Waals surface area contributed by atoms with Crippen LogP contribution in [0.3, 0.4) is 0 Å².